The molecule has 0 bridgehead atoms. The van der Waals surface area contributed by atoms with Crippen LogP contribution in [0.3, 0.4) is 0 Å². The third kappa shape index (κ3) is 4.86. The first kappa shape index (κ1) is 26.1. The van der Waals surface area contributed by atoms with Gasteiger partial charge in [-0.2, -0.15) is 10.4 Å². The number of carbonyl (C=O) groups is 1. The molecule has 0 saturated carbocycles. The van der Waals surface area contributed by atoms with Gasteiger partial charge in [0.2, 0.25) is 5.91 Å². The average molecular weight is 563 g/mol. The zero-order chi connectivity index (χ0) is 28.1. The SMILES string of the molecule is CCN(C(=O)Cn1nc(-c2cc(Cl)cc(C#N)c2)c2oc(C(F)F)cc2c1=O)c1ccc2c(c1)OC(F)(F)O2. The van der Waals surface area contributed by atoms with Crippen LogP contribution in [0.4, 0.5) is 23.2 Å². The number of hydrogen-bond acceptors (Lipinski definition) is 7. The number of halogens is 5. The first-order chi connectivity index (χ1) is 18.5. The first-order valence-electron chi connectivity index (χ1n) is 11.2. The van der Waals surface area contributed by atoms with Gasteiger partial charge in [0, 0.05) is 28.9 Å². The summed E-state index contributed by atoms with van der Waals surface area (Å²) in [6.07, 6.45) is -6.89. The second-order valence-electron chi connectivity index (χ2n) is 8.28. The minimum Gasteiger partial charge on any atom is -0.452 e. The standard InChI is InChI=1S/C25H15ClF4N4O5/c1-2-33(15-3-4-17-18(8-15)39-25(29,30)38-17)20(35)11-34-24(36)16-9-19(23(27)28)37-22(16)21(32-34)13-5-12(10-31)6-14(26)7-13/h3-9,23H,2,11H2,1H3. The summed E-state index contributed by atoms with van der Waals surface area (Å²) in [5.41, 5.74) is -0.766. The Morgan fingerprint density at radius 2 is 1.92 bits per heavy atom. The van der Waals surface area contributed by atoms with Crippen molar-refractivity contribution in [3.8, 4) is 28.8 Å². The molecular weight excluding hydrogens is 548 g/mol. The highest BCUT2D eigenvalue weighted by Gasteiger charge is 2.43. The van der Waals surface area contributed by atoms with Crippen molar-refractivity contribution in [3.05, 3.63) is 69.2 Å². The Kier molecular flexibility index (Phi) is 6.43. The lowest BCUT2D eigenvalue weighted by Crippen LogP contribution is -2.37. The Morgan fingerprint density at radius 1 is 1.18 bits per heavy atom. The minimum atomic E-state index is -3.85. The molecule has 1 amide bonds. The van der Waals surface area contributed by atoms with E-state index in [0.29, 0.717) is 0 Å². The molecule has 0 fully saturated rings. The molecule has 0 spiro atoms. The summed E-state index contributed by atoms with van der Waals surface area (Å²) < 4.78 is 68.5. The van der Waals surface area contributed by atoms with Crippen molar-refractivity contribution < 1.29 is 36.2 Å². The van der Waals surface area contributed by atoms with E-state index in [-0.39, 0.29) is 56.5 Å². The normalized spacial score (nSPS) is 13.6. The van der Waals surface area contributed by atoms with Gasteiger partial charge in [0.1, 0.15) is 12.2 Å². The minimum absolute atomic E-state index is 0.0692. The molecule has 0 saturated heterocycles. The van der Waals surface area contributed by atoms with Gasteiger partial charge in [0.15, 0.2) is 22.8 Å². The molecule has 3 heterocycles. The topological polar surface area (TPSA) is 111 Å². The number of carbonyl (C=O) groups excluding carboxylic acids is 1. The van der Waals surface area contributed by atoms with Gasteiger partial charge in [0.25, 0.3) is 12.0 Å². The fourth-order valence-corrected chi connectivity index (χ4v) is 4.35. The Labute approximate surface area is 221 Å². The van der Waals surface area contributed by atoms with Gasteiger partial charge in [0.05, 0.1) is 17.0 Å². The quantitative estimate of drug-likeness (QED) is 0.286. The zero-order valence-electron chi connectivity index (χ0n) is 19.8. The molecular formula is C25H15ClF4N4O5. The van der Waals surface area contributed by atoms with Gasteiger partial charge in [-0.3, -0.25) is 9.59 Å². The van der Waals surface area contributed by atoms with Crippen LogP contribution in [0.25, 0.3) is 22.2 Å². The number of fused-ring (bicyclic) bond motifs is 2. The van der Waals surface area contributed by atoms with Crippen LogP contribution in [0.2, 0.25) is 5.02 Å². The van der Waals surface area contributed by atoms with E-state index in [9.17, 15) is 32.4 Å². The molecule has 0 unspecified atom stereocenters. The average Bonchev–Trinajstić information content (AvgIpc) is 3.46. The number of hydrogen-bond donors (Lipinski definition) is 0. The summed E-state index contributed by atoms with van der Waals surface area (Å²) >= 11 is 6.10. The number of nitriles is 1. The van der Waals surface area contributed by atoms with Gasteiger partial charge < -0.3 is 18.8 Å². The maximum atomic E-state index is 13.4. The van der Waals surface area contributed by atoms with Gasteiger partial charge in [-0.1, -0.05) is 11.6 Å². The lowest BCUT2D eigenvalue weighted by molar-refractivity contribution is -0.286. The maximum absolute atomic E-state index is 13.4. The summed E-state index contributed by atoms with van der Waals surface area (Å²) in [4.78, 5) is 27.6. The molecule has 200 valence electrons. The van der Waals surface area contributed by atoms with Crippen LogP contribution in [-0.4, -0.2) is 28.5 Å². The van der Waals surface area contributed by atoms with Gasteiger partial charge >= 0.3 is 6.29 Å². The Balaban J connectivity index is 1.57. The van der Waals surface area contributed by atoms with Crippen LogP contribution in [0.15, 0.2) is 51.7 Å². The summed E-state index contributed by atoms with van der Waals surface area (Å²) in [6.45, 7) is 1.03. The number of likely N-dealkylation sites (N-methyl/N-ethyl adjacent to an activating group) is 1. The third-order valence-electron chi connectivity index (χ3n) is 5.77. The van der Waals surface area contributed by atoms with E-state index in [4.69, 9.17) is 16.0 Å². The molecule has 9 nitrogen and oxygen atoms in total. The van der Waals surface area contributed by atoms with E-state index in [2.05, 4.69) is 14.6 Å². The summed E-state index contributed by atoms with van der Waals surface area (Å²) in [5, 5.41) is 13.4. The predicted molar refractivity (Wildman–Crippen MR) is 129 cm³/mol. The molecule has 0 radical (unpaired) electrons. The molecule has 1 aliphatic rings. The number of ether oxygens (including phenoxy) is 2. The van der Waals surface area contributed by atoms with Gasteiger partial charge in [-0.05, 0) is 43.3 Å². The van der Waals surface area contributed by atoms with Crippen molar-refractivity contribution in [3.63, 3.8) is 0 Å². The largest absolute Gasteiger partial charge is 0.586 e. The number of nitrogens with zero attached hydrogens (tertiary/aromatic N) is 4. The number of rotatable bonds is 6. The molecule has 5 rings (SSSR count). The fraction of sp³-hybridized carbons (Fsp3) is 0.200. The number of anilines is 1. The van der Waals surface area contributed by atoms with Crippen LogP contribution in [0.1, 0.15) is 24.7 Å². The third-order valence-corrected chi connectivity index (χ3v) is 5.98. The lowest BCUT2D eigenvalue weighted by atomic mass is 10.1. The summed E-state index contributed by atoms with van der Waals surface area (Å²) in [5.74, 6) is -1.96. The van der Waals surface area contributed by atoms with E-state index in [1.807, 2.05) is 6.07 Å². The van der Waals surface area contributed by atoms with Gasteiger partial charge in [-0.15, -0.1) is 8.78 Å². The number of aromatic nitrogens is 2. The molecule has 0 N–H and O–H groups in total. The van der Waals surface area contributed by atoms with Crippen molar-refractivity contribution in [2.75, 3.05) is 11.4 Å². The molecule has 2 aromatic carbocycles. The van der Waals surface area contributed by atoms with E-state index in [1.165, 1.54) is 41.3 Å². The number of furan rings is 1. The smallest absolute Gasteiger partial charge is 0.452 e. The fourth-order valence-electron chi connectivity index (χ4n) is 4.11. The molecule has 2 aromatic heterocycles. The lowest BCUT2D eigenvalue weighted by Gasteiger charge is -2.21. The Morgan fingerprint density at radius 3 is 2.62 bits per heavy atom. The van der Waals surface area contributed by atoms with E-state index in [0.717, 1.165) is 10.7 Å². The Hall–Kier alpha value is -4.57. The summed E-state index contributed by atoms with van der Waals surface area (Å²) in [7, 11) is 0. The molecule has 4 aromatic rings. The molecule has 39 heavy (non-hydrogen) atoms. The maximum Gasteiger partial charge on any atom is 0.586 e. The van der Waals surface area contributed by atoms with Crippen molar-refractivity contribution >= 4 is 34.2 Å². The first-order valence-corrected chi connectivity index (χ1v) is 11.6. The van der Waals surface area contributed by atoms with E-state index >= 15 is 0 Å². The highest BCUT2D eigenvalue weighted by Crippen LogP contribution is 2.43. The van der Waals surface area contributed by atoms with Gasteiger partial charge in [-0.25, -0.2) is 13.5 Å². The highest BCUT2D eigenvalue weighted by molar-refractivity contribution is 6.31. The van der Waals surface area contributed by atoms with Crippen molar-refractivity contribution in [2.24, 2.45) is 0 Å². The van der Waals surface area contributed by atoms with Crippen LogP contribution >= 0.6 is 11.6 Å². The number of benzene rings is 2. The van der Waals surface area contributed by atoms with Crippen LogP contribution in [0.5, 0.6) is 11.5 Å². The van der Waals surface area contributed by atoms with E-state index < -0.39 is 36.5 Å². The Bertz CT molecular complexity index is 1730. The second kappa shape index (κ2) is 9.63. The van der Waals surface area contributed by atoms with Crippen molar-refractivity contribution in [1.82, 2.24) is 9.78 Å². The van der Waals surface area contributed by atoms with Crippen molar-refractivity contribution in [2.45, 2.75) is 26.2 Å². The monoisotopic (exact) mass is 562 g/mol. The highest BCUT2D eigenvalue weighted by atomic mass is 35.5. The molecule has 0 aliphatic carbocycles. The molecule has 14 heteroatoms. The van der Waals surface area contributed by atoms with E-state index in [1.54, 1.807) is 6.92 Å². The second-order valence-corrected chi connectivity index (χ2v) is 8.72. The zero-order valence-corrected chi connectivity index (χ0v) is 20.5. The van der Waals surface area contributed by atoms with Crippen LogP contribution in [-0.2, 0) is 11.3 Å². The number of alkyl halides is 4. The van der Waals surface area contributed by atoms with Crippen molar-refractivity contribution in [1.29, 1.82) is 5.26 Å². The van der Waals surface area contributed by atoms with Crippen LogP contribution < -0.4 is 19.9 Å². The summed E-state index contributed by atoms with van der Waals surface area (Å²) in [6, 6.07) is 10.7. The number of amides is 1. The molecule has 0 atom stereocenters. The van der Waals surface area contributed by atoms with Crippen LogP contribution in [0, 0.1) is 11.3 Å². The predicted octanol–water partition coefficient (Wildman–Crippen LogP) is 5.49. The molecule has 1 aliphatic heterocycles.